The minimum absolute atomic E-state index is 0.0322. The van der Waals surface area contributed by atoms with Crippen LogP contribution in [-0.4, -0.2) is 60.9 Å². The van der Waals surface area contributed by atoms with Gasteiger partial charge in [-0.3, -0.25) is 9.59 Å². The predicted octanol–water partition coefficient (Wildman–Crippen LogP) is 3.02. The summed E-state index contributed by atoms with van der Waals surface area (Å²) in [6.07, 6.45) is 4.02. The first-order valence-corrected chi connectivity index (χ1v) is 10.5. The second kappa shape index (κ2) is 9.36. The summed E-state index contributed by atoms with van der Waals surface area (Å²) < 4.78 is 0. The molecule has 5 heteroatoms. The fraction of sp³-hybridized carbons (Fsp3) is 0.636. The Morgan fingerprint density at radius 3 is 2.22 bits per heavy atom. The van der Waals surface area contributed by atoms with Crippen LogP contribution in [0.1, 0.15) is 60.2 Å². The normalized spacial score (nSPS) is 22.2. The van der Waals surface area contributed by atoms with Crippen LogP contribution in [0.15, 0.2) is 24.3 Å². The van der Waals surface area contributed by atoms with Crippen molar-refractivity contribution in [2.75, 3.05) is 39.3 Å². The molecule has 0 aliphatic carbocycles. The summed E-state index contributed by atoms with van der Waals surface area (Å²) >= 11 is 0. The van der Waals surface area contributed by atoms with Crippen molar-refractivity contribution in [3.8, 4) is 0 Å². The fourth-order valence-electron chi connectivity index (χ4n) is 4.43. The Labute approximate surface area is 163 Å². The summed E-state index contributed by atoms with van der Waals surface area (Å²) in [6.45, 7) is 9.49. The van der Waals surface area contributed by atoms with E-state index in [9.17, 15) is 9.59 Å². The van der Waals surface area contributed by atoms with E-state index >= 15 is 0 Å². The molecule has 2 saturated heterocycles. The molecule has 0 aromatic heterocycles. The van der Waals surface area contributed by atoms with Crippen LogP contribution in [0.25, 0.3) is 0 Å². The Hall–Kier alpha value is -1.88. The van der Waals surface area contributed by atoms with Crippen molar-refractivity contribution >= 4 is 11.8 Å². The van der Waals surface area contributed by atoms with Crippen LogP contribution in [0, 0.1) is 11.8 Å². The second-order valence-corrected chi connectivity index (χ2v) is 7.92. The fourth-order valence-corrected chi connectivity index (χ4v) is 4.43. The summed E-state index contributed by atoms with van der Waals surface area (Å²) in [5.74, 6) is 1.50. The van der Waals surface area contributed by atoms with Gasteiger partial charge in [-0.05, 0) is 68.8 Å². The van der Waals surface area contributed by atoms with Gasteiger partial charge in [0.25, 0.3) is 11.8 Å². The highest BCUT2D eigenvalue weighted by atomic mass is 16.2. The van der Waals surface area contributed by atoms with E-state index in [-0.39, 0.29) is 11.8 Å². The standard InChI is InChI=1S/C22H33N3O2/c1-3-10-24(11-4-2)21(26)17-6-5-7-18(14-17)22(27)25-12-8-19-15-23-16-20(19)9-13-25/h5-7,14,19-20,23H,3-4,8-13,15-16H2,1-2H3/t19-,20+. The van der Waals surface area contributed by atoms with E-state index < -0.39 is 0 Å². The van der Waals surface area contributed by atoms with Crippen LogP contribution in [0.3, 0.4) is 0 Å². The Kier molecular flexibility index (Phi) is 6.89. The number of hydrogen-bond donors (Lipinski definition) is 1. The maximum atomic E-state index is 13.1. The van der Waals surface area contributed by atoms with E-state index in [1.807, 2.05) is 28.0 Å². The lowest BCUT2D eigenvalue weighted by atomic mass is 9.92. The number of carbonyl (C=O) groups is 2. The molecule has 27 heavy (non-hydrogen) atoms. The zero-order chi connectivity index (χ0) is 19.2. The zero-order valence-corrected chi connectivity index (χ0v) is 16.7. The number of carbonyl (C=O) groups excluding carboxylic acids is 2. The number of amides is 2. The minimum Gasteiger partial charge on any atom is -0.339 e. The number of fused-ring (bicyclic) bond motifs is 1. The maximum Gasteiger partial charge on any atom is 0.253 e. The highest BCUT2D eigenvalue weighted by Crippen LogP contribution is 2.27. The molecule has 2 aliphatic heterocycles. The molecule has 0 spiro atoms. The summed E-state index contributed by atoms with van der Waals surface area (Å²) in [6, 6.07) is 7.30. The highest BCUT2D eigenvalue weighted by Gasteiger charge is 2.31. The smallest absolute Gasteiger partial charge is 0.253 e. The van der Waals surface area contributed by atoms with Gasteiger partial charge in [-0.15, -0.1) is 0 Å². The molecule has 2 atom stereocenters. The van der Waals surface area contributed by atoms with Gasteiger partial charge >= 0.3 is 0 Å². The summed E-state index contributed by atoms with van der Waals surface area (Å²) in [5.41, 5.74) is 1.26. The van der Waals surface area contributed by atoms with Crippen molar-refractivity contribution in [3.05, 3.63) is 35.4 Å². The minimum atomic E-state index is 0.0322. The molecule has 2 amide bonds. The van der Waals surface area contributed by atoms with Gasteiger partial charge in [-0.2, -0.15) is 0 Å². The van der Waals surface area contributed by atoms with Crippen LogP contribution in [-0.2, 0) is 0 Å². The molecule has 2 fully saturated rings. The number of benzene rings is 1. The van der Waals surface area contributed by atoms with E-state index in [0.717, 1.165) is 65.0 Å². The van der Waals surface area contributed by atoms with Gasteiger partial charge < -0.3 is 15.1 Å². The predicted molar refractivity (Wildman–Crippen MR) is 108 cm³/mol. The highest BCUT2D eigenvalue weighted by molar-refractivity contribution is 5.99. The van der Waals surface area contributed by atoms with Gasteiger partial charge in [0.05, 0.1) is 0 Å². The molecule has 0 saturated carbocycles. The van der Waals surface area contributed by atoms with Gasteiger partial charge in [0, 0.05) is 37.3 Å². The molecule has 0 radical (unpaired) electrons. The number of rotatable bonds is 6. The van der Waals surface area contributed by atoms with E-state index in [1.54, 1.807) is 6.07 Å². The quantitative estimate of drug-likeness (QED) is 0.836. The summed E-state index contributed by atoms with van der Waals surface area (Å²) in [5, 5.41) is 3.47. The average molecular weight is 372 g/mol. The Bertz CT molecular complexity index is 641. The van der Waals surface area contributed by atoms with Crippen LogP contribution >= 0.6 is 0 Å². The van der Waals surface area contributed by atoms with Crippen molar-refractivity contribution in [2.45, 2.75) is 39.5 Å². The molecule has 1 aromatic rings. The van der Waals surface area contributed by atoms with Crippen LogP contribution in [0.5, 0.6) is 0 Å². The molecule has 0 unspecified atom stereocenters. The number of likely N-dealkylation sites (tertiary alicyclic amines) is 1. The third-order valence-electron chi connectivity index (χ3n) is 5.94. The van der Waals surface area contributed by atoms with Crippen molar-refractivity contribution < 1.29 is 9.59 Å². The monoisotopic (exact) mass is 371 g/mol. The molecule has 3 rings (SSSR count). The molecule has 5 nitrogen and oxygen atoms in total. The lowest BCUT2D eigenvalue weighted by molar-refractivity contribution is 0.0755. The van der Waals surface area contributed by atoms with E-state index in [4.69, 9.17) is 0 Å². The topological polar surface area (TPSA) is 52.7 Å². The van der Waals surface area contributed by atoms with Crippen LogP contribution in [0.4, 0.5) is 0 Å². The van der Waals surface area contributed by atoms with Gasteiger partial charge in [-0.1, -0.05) is 19.9 Å². The van der Waals surface area contributed by atoms with E-state index in [1.165, 1.54) is 0 Å². The number of nitrogens with zero attached hydrogens (tertiary/aromatic N) is 2. The Balaban J connectivity index is 1.70. The molecule has 2 aliphatic rings. The van der Waals surface area contributed by atoms with Gasteiger partial charge in [-0.25, -0.2) is 0 Å². The van der Waals surface area contributed by atoms with Crippen molar-refractivity contribution in [1.82, 2.24) is 15.1 Å². The lowest BCUT2D eigenvalue weighted by Gasteiger charge is -2.23. The van der Waals surface area contributed by atoms with Gasteiger partial charge in [0.2, 0.25) is 0 Å². The van der Waals surface area contributed by atoms with Gasteiger partial charge in [0.15, 0.2) is 0 Å². The molecular weight excluding hydrogens is 338 g/mol. The first-order valence-electron chi connectivity index (χ1n) is 10.5. The number of hydrogen-bond acceptors (Lipinski definition) is 3. The van der Waals surface area contributed by atoms with Crippen LogP contribution < -0.4 is 5.32 Å². The van der Waals surface area contributed by atoms with Crippen molar-refractivity contribution in [1.29, 1.82) is 0 Å². The molecule has 1 aromatic carbocycles. The van der Waals surface area contributed by atoms with E-state index in [2.05, 4.69) is 19.2 Å². The maximum absolute atomic E-state index is 13.1. The molecule has 2 heterocycles. The Morgan fingerprint density at radius 1 is 1.04 bits per heavy atom. The van der Waals surface area contributed by atoms with Gasteiger partial charge in [0.1, 0.15) is 0 Å². The zero-order valence-electron chi connectivity index (χ0n) is 16.7. The van der Waals surface area contributed by atoms with Crippen LogP contribution in [0.2, 0.25) is 0 Å². The Morgan fingerprint density at radius 2 is 1.63 bits per heavy atom. The van der Waals surface area contributed by atoms with Crippen molar-refractivity contribution in [3.63, 3.8) is 0 Å². The molecule has 0 bridgehead atoms. The summed E-state index contributed by atoms with van der Waals surface area (Å²) in [7, 11) is 0. The van der Waals surface area contributed by atoms with E-state index in [0.29, 0.717) is 23.0 Å². The third-order valence-corrected chi connectivity index (χ3v) is 5.94. The summed E-state index contributed by atoms with van der Waals surface area (Å²) in [4.78, 5) is 29.8. The SMILES string of the molecule is CCCN(CCC)C(=O)c1cccc(C(=O)N2CC[C@@H]3CNC[C@@H]3CC2)c1. The first kappa shape index (κ1) is 19.9. The van der Waals surface area contributed by atoms with Crippen molar-refractivity contribution in [2.24, 2.45) is 11.8 Å². The molecular formula is C22H33N3O2. The second-order valence-electron chi connectivity index (χ2n) is 7.92. The first-order chi connectivity index (χ1) is 13.1. The largest absolute Gasteiger partial charge is 0.339 e. The average Bonchev–Trinajstić information content (AvgIpc) is 3.05. The lowest BCUT2D eigenvalue weighted by Crippen LogP contribution is -2.34. The third kappa shape index (κ3) is 4.70. The molecule has 1 N–H and O–H groups in total. The number of nitrogens with one attached hydrogen (secondary N) is 1. The molecule has 148 valence electrons.